The molecule has 9 nitrogen and oxygen atoms in total. The average molecular weight is 582 g/mol. The van der Waals surface area contributed by atoms with E-state index in [0.29, 0.717) is 35.3 Å². The predicted octanol–water partition coefficient (Wildman–Crippen LogP) is 4.01. The molecule has 1 unspecified atom stereocenters. The van der Waals surface area contributed by atoms with E-state index in [2.05, 4.69) is 29.6 Å². The van der Waals surface area contributed by atoms with Gasteiger partial charge < -0.3 is 20.4 Å². The van der Waals surface area contributed by atoms with Gasteiger partial charge in [-0.2, -0.15) is 0 Å². The largest absolute Gasteiger partial charge is 0.342 e. The van der Waals surface area contributed by atoms with Gasteiger partial charge in [-0.3, -0.25) is 23.7 Å². The number of amides is 3. The molecule has 2 fully saturated rings. The van der Waals surface area contributed by atoms with Crippen LogP contribution in [0.3, 0.4) is 0 Å². The Morgan fingerprint density at radius 3 is 2.34 bits per heavy atom. The smallest absolute Gasteiger partial charge is 0.255 e. The average Bonchev–Trinajstić information content (AvgIpc) is 3.77. The Hall–Kier alpha value is -4.02. The van der Waals surface area contributed by atoms with E-state index in [1.807, 2.05) is 4.90 Å². The molecule has 2 heterocycles. The number of pyridine rings is 1. The molecule has 1 aliphatic heterocycles. The van der Waals surface area contributed by atoms with Gasteiger partial charge in [-0.15, -0.1) is 0 Å². The molecule has 1 aromatic heterocycles. The van der Waals surface area contributed by atoms with E-state index in [1.54, 1.807) is 48.7 Å². The lowest BCUT2D eigenvalue weighted by atomic mass is 10.0. The molecule has 2 atom stereocenters. The molecule has 1 saturated carbocycles. The first kappa shape index (κ1) is 30.0. The first-order valence-corrected chi connectivity index (χ1v) is 13.7. The Balaban J connectivity index is 0.000000201. The van der Waals surface area contributed by atoms with Crippen LogP contribution in [0, 0.1) is 17.7 Å². The van der Waals surface area contributed by atoms with Crippen LogP contribution < -0.4 is 16.2 Å². The number of hydrogen-bond acceptors (Lipinski definition) is 5. The van der Waals surface area contributed by atoms with Gasteiger partial charge in [0.15, 0.2) is 0 Å². The van der Waals surface area contributed by atoms with Crippen LogP contribution in [-0.2, 0) is 14.4 Å². The van der Waals surface area contributed by atoms with Crippen LogP contribution in [-0.4, -0.2) is 65.8 Å². The zero-order valence-corrected chi connectivity index (χ0v) is 23.7. The van der Waals surface area contributed by atoms with E-state index >= 15 is 0 Å². The van der Waals surface area contributed by atoms with Gasteiger partial charge in [0.2, 0.25) is 18.2 Å². The molecular formula is C30H33ClFN5O4. The van der Waals surface area contributed by atoms with Gasteiger partial charge in [-0.25, -0.2) is 4.39 Å². The summed E-state index contributed by atoms with van der Waals surface area (Å²) >= 11 is 5.84. The van der Waals surface area contributed by atoms with Crippen LogP contribution in [0.15, 0.2) is 71.7 Å². The van der Waals surface area contributed by atoms with Crippen molar-refractivity contribution >= 4 is 41.2 Å². The number of rotatable bonds is 7. The predicted molar refractivity (Wildman–Crippen MR) is 157 cm³/mol. The third kappa shape index (κ3) is 7.80. The van der Waals surface area contributed by atoms with Gasteiger partial charge in [-0.1, -0.05) is 17.7 Å². The first-order valence-electron chi connectivity index (χ1n) is 13.4. The Labute approximate surface area is 242 Å². The second kappa shape index (κ2) is 13.6. The van der Waals surface area contributed by atoms with Crippen molar-refractivity contribution in [3.63, 3.8) is 0 Å². The van der Waals surface area contributed by atoms with Gasteiger partial charge >= 0.3 is 0 Å². The Bertz CT molecular complexity index is 1440. The van der Waals surface area contributed by atoms with E-state index in [9.17, 15) is 23.6 Å². The lowest BCUT2D eigenvalue weighted by Gasteiger charge is -2.35. The fraction of sp³-hybridized carbons (Fsp3) is 0.333. The van der Waals surface area contributed by atoms with Gasteiger partial charge in [0.25, 0.3) is 5.56 Å². The Morgan fingerprint density at radius 1 is 1.02 bits per heavy atom. The quantitative estimate of drug-likeness (QED) is 0.410. The molecule has 2 N–H and O–H groups in total. The summed E-state index contributed by atoms with van der Waals surface area (Å²) in [5.74, 6) is -0.861. The number of likely N-dealkylation sites (tertiary alicyclic amines) is 1. The standard InChI is InChI=1S/C18H24ClN3O2.C12H9FN2O2/c1-21(2)14-7-9-22(10-8-14)18(24)16-11-15(16)17(23)20-13-5-3-12(19)4-6-13;13-10-7-9(4-5-11(10)14-8-16)15-6-2-1-3-12(15)17/h3-6,14-16H,7-11H2,1-2H3,(H,20,23);1-8H,(H,14,16)/t15-,16?;/m1./s1. The van der Waals surface area contributed by atoms with Crippen molar-refractivity contribution < 1.29 is 18.8 Å². The number of carbonyl (C=O) groups is 3. The highest BCUT2D eigenvalue weighted by atomic mass is 35.5. The highest BCUT2D eigenvalue weighted by Gasteiger charge is 2.49. The number of anilines is 2. The van der Waals surface area contributed by atoms with Crippen molar-refractivity contribution in [2.45, 2.75) is 25.3 Å². The molecule has 1 saturated heterocycles. The molecule has 3 amide bonds. The summed E-state index contributed by atoms with van der Waals surface area (Å²) in [7, 11) is 4.17. The summed E-state index contributed by atoms with van der Waals surface area (Å²) in [6.07, 6.45) is 4.61. The lowest BCUT2D eigenvalue weighted by Crippen LogP contribution is -2.45. The first-order chi connectivity index (χ1) is 19.7. The zero-order valence-electron chi connectivity index (χ0n) is 22.9. The molecular weight excluding hydrogens is 549 g/mol. The number of carbonyl (C=O) groups excluding carboxylic acids is 3. The minimum atomic E-state index is -0.592. The van der Waals surface area contributed by atoms with Gasteiger partial charge in [0.05, 0.1) is 23.2 Å². The normalized spacial score (nSPS) is 18.2. The lowest BCUT2D eigenvalue weighted by molar-refractivity contribution is -0.135. The maximum atomic E-state index is 13.5. The summed E-state index contributed by atoms with van der Waals surface area (Å²) in [6.45, 7) is 1.59. The number of aromatic nitrogens is 1. The molecule has 11 heteroatoms. The topological polar surface area (TPSA) is 104 Å². The number of halogens is 2. The molecule has 216 valence electrons. The van der Waals surface area contributed by atoms with Gasteiger partial charge in [0.1, 0.15) is 5.82 Å². The number of nitrogens with one attached hydrogen (secondary N) is 2. The highest BCUT2D eigenvalue weighted by molar-refractivity contribution is 6.30. The Kier molecular flexibility index (Phi) is 9.91. The summed E-state index contributed by atoms with van der Waals surface area (Å²) in [5.41, 5.74) is 0.953. The molecule has 0 spiro atoms. The number of nitrogens with zero attached hydrogens (tertiary/aromatic N) is 3. The molecule has 3 aromatic rings. The van der Waals surface area contributed by atoms with Crippen LogP contribution in [0.4, 0.5) is 15.8 Å². The molecule has 5 rings (SSSR count). The second-order valence-corrected chi connectivity index (χ2v) is 10.7. The number of hydrogen-bond donors (Lipinski definition) is 2. The maximum Gasteiger partial charge on any atom is 0.255 e. The summed E-state index contributed by atoms with van der Waals surface area (Å²) in [4.78, 5) is 50.7. The third-order valence-electron chi connectivity index (χ3n) is 7.33. The molecule has 2 aliphatic rings. The summed E-state index contributed by atoms with van der Waals surface area (Å²) in [5, 5.41) is 5.72. The SMILES string of the molecule is CN(C)C1CCN(C(=O)C2C[C@H]2C(=O)Nc2ccc(Cl)cc2)CC1.O=CNc1ccc(-n2ccccc2=O)cc1F. The van der Waals surface area contributed by atoms with Gasteiger partial charge in [-0.05, 0) is 75.8 Å². The molecule has 2 aromatic carbocycles. The van der Waals surface area contributed by atoms with E-state index in [0.717, 1.165) is 25.9 Å². The molecule has 0 radical (unpaired) electrons. The van der Waals surface area contributed by atoms with E-state index in [1.165, 1.54) is 22.8 Å². The van der Waals surface area contributed by atoms with Gasteiger partial charge in [0, 0.05) is 48.2 Å². The van der Waals surface area contributed by atoms with Crippen molar-refractivity contribution in [2.75, 3.05) is 37.8 Å². The second-order valence-electron chi connectivity index (χ2n) is 10.3. The Morgan fingerprint density at radius 2 is 1.73 bits per heavy atom. The fourth-order valence-corrected chi connectivity index (χ4v) is 4.96. The molecule has 1 aliphatic carbocycles. The summed E-state index contributed by atoms with van der Waals surface area (Å²) < 4.78 is 14.8. The minimum absolute atomic E-state index is 0.0705. The van der Waals surface area contributed by atoms with E-state index < -0.39 is 5.82 Å². The van der Waals surface area contributed by atoms with E-state index in [-0.39, 0.29) is 34.9 Å². The van der Waals surface area contributed by atoms with E-state index in [4.69, 9.17) is 11.6 Å². The van der Waals surface area contributed by atoms with Crippen LogP contribution in [0.5, 0.6) is 0 Å². The van der Waals surface area contributed by atoms with Crippen LogP contribution in [0.1, 0.15) is 19.3 Å². The van der Waals surface area contributed by atoms with Crippen LogP contribution >= 0.6 is 11.6 Å². The van der Waals surface area contributed by atoms with Crippen molar-refractivity contribution in [2.24, 2.45) is 11.8 Å². The third-order valence-corrected chi connectivity index (χ3v) is 7.58. The number of piperidine rings is 1. The molecule has 41 heavy (non-hydrogen) atoms. The van der Waals surface area contributed by atoms with Crippen molar-refractivity contribution in [1.82, 2.24) is 14.4 Å². The zero-order chi connectivity index (χ0) is 29.5. The van der Waals surface area contributed by atoms with Crippen molar-refractivity contribution in [1.29, 1.82) is 0 Å². The van der Waals surface area contributed by atoms with Crippen LogP contribution in [0.2, 0.25) is 5.02 Å². The highest BCUT2D eigenvalue weighted by Crippen LogP contribution is 2.41. The van der Waals surface area contributed by atoms with Crippen LogP contribution in [0.25, 0.3) is 5.69 Å². The minimum Gasteiger partial charge on any atom is -0.342 e. The number of benzene rings is 2. The summed E-state index contributed by atoms with van der Waals surface area (Å²) in [6, 6.07) is 16.4. The monoisotopic (exact) mass is 581 g/mol. The van der Waals surface area contributed by atoms with Crippen molar-refractivity contribution in [3.05, 3.63) is 88.1 Å². The fourth-order valence-electron chi connectivity index (χ4n) is 4.84. The van der Waals surface area contributed by atoms with Crippen molar-refractivity contribution in [3.8, 4) is 5.69 Å². The maximum absolute atomic E-state index is 13.5. The molecule has 0 bridgehead atoms.